The van der Waals surface area contributed by atoms with E-state index < -0.39 is 9.73 Å². The zero-order valence-corrected chi connectivity index (χ0v) is 5.16. The van der Waals surface area contributed by atoms with Crippen LogP contribution in [0.15, 0.2) is 4.36 Å². The summed E-state index contributed by atoms with van der Waals surface area (Å²) in [5.74, 6) is 0. The van der Waals surface area contributed by atoms with Gasteiger partial charge in [-0.1, -0.05) is 6.42 Å². The molecule has 0 fully saturated rings. The van der Waals surface area contributed by atoms with Crippen molar-refractivity contribution < 1.29 is 4.21 Å². The molecular weight excluding hydrogens is 110 g/mol. The normalized spacial score (nSPS) is 9.86. The lowest BCUT2D eigenvalue weighted by atomic mass is 11.2. The van der Waals surface area contributed by atoms with Crippen LogP contribution >= 0.6 is 0 Å². The first kappa shape index (κ1) is 6.51. The number of hydrogen-bond donors (Lipinski definition) is 0. The maximum absolute atomic E-state index is 10.5. The lowest BCUT2D eigenvalue weighted by Crippen LogP contribution is -1.87. The topological polar surface area (TPSA) is 29.4 Å². The first-order valence-corrected chi connectivity index (χ1v) is 4.01. The lowest BCUT2D eigenvalue weighted by Gasteiger charge is -1.82. The molecule has 0 rings (SSSR count). The minimum atomic E-state index is -2.04. The highest BCUT2D eigenvalue weighted by Crippen LogP contribution is 1.77. The number of hydrogen-bond acceptors (Lipinski definition) is 2. The summed E-state index contributed by atoms with van der Waals surface area (Å²) in [6, 6.07) is 1.96. The van der Waals surface area contributed by atoms with Crippen molar-refractivity contribution in [2.75, 3.05) is 12.5 Å². The summed E-state index contributed by atoms with van der Waals surface area (Å²) >= 11 is 0. The summed E-state index contributed by atoms with van der Waals surface area (Å²) in [6.07, 6.45) is 7.70. The Labute approximate surface area is 44.1 Å². The summed E-state index contributed by atoms with van der Waals surface area (Å²) in [5, 5.41) is 0. The van der Waals surface area contributed by atoms with Crippen LogP contribution in [0.4, 0.5) is 0 Å². The standard InChI is InChI=1S/C4H7NOS/c1-4-5-7(2,3)6/h1H,2-3H3. The molecule has 0 N–H and O–H groups in total. The van der Waals surface area contributed by atoms with Gasteiger partial charge in [-0.15, -0.1) is 4.36 Å². The second-order valence-corrected chi connectivity index (χ2v) is 3.95. The van der Waals surface area contributed by atoms with E-state index in [9.17, 15) is 4.21 Å². The molecule has 0 aliphatic heterocycles. The van der Waals surface area contributed by atoms with Crippen molar-refractivity contribution in [3.63, 3.8) is 0 Å². The van der Waals surface area contributed by atoms with Crippen LogP contribution in [0.2, 0.25) is 0 Å². The molecule has 0 aromatic carbocycles. The smallest absolute Gasteiger partial charge is 0.0546 e. The van der Waals surface area contributed by atoms with E-state index in [1.165, 1.54) is 12.5 Å². The molecule has 3 heteroatoms. The summed E-state index contributed by atoms with van der Waals surface area (Å²) in [6.45, 7) is 0. The van der Waals surface area contributed by atoms with Gasteiger partial charge >= 0.3 is 0 Å². The molecule has 0 heterocycles. The SMILES string of the molecule is C#CN=S(C)(C)=O. The molecule has 0 saturated heterocycles. The maximum atomic E-state index is 10.5. The molecule has 7 heavy (non-hydrogen) atoms. The van der Waals surface area contributed by atoms with Crippen molar-refractivity contribution in [1.29, 1.82) is 0 Å². The van der Waals surface area contributed by atoms with Gasteiger partial charge in [0, 0.05) is 18.6 Å². The third-order valence-electron chi connectivity index (χ3n) is 0.273. The summed E-state index contributed by atoms with van der Waals surface area (Å²) < 4.78 is 13.8. The number of rotatable bonds is 0. The summed E-state index contributed by atoms with van der Waals surface area (Å²) in [7, 11) is -2.04. The molecule has 0 amide bonds. The van der Waals surface area contributed by atoms with Gasteiger partial charge in [0.2, 0.25) is 0 Å². The van der Waals surface area contributed by atoms with E-state index >= 15 is 0 Å². The Bertz CT molecular complexity index is 184. The van der Waals surface area contributed by atoms with E-state index in [0.717, 1.165) is 0 Å². The Balaban J connectivity index is 4.43. The van der Waals surface area contributed by atoms with E-state index in [4.69, 9.17) is 6.42 Å². The molecule has 0 aromatic rings. The van der Waals surface area contributed by atoms with E-state index in [0.29, 0.717) is 0 Å². The fourth-order valence-electron chi connectivity index (χ4n) is 0.127. The minimum Gasteiger partial charge on any atom is -0.249 e. The van der Waals surface area contributed by atoms with E-state index in [-0.39, 0.29) is 0 Å². The first-order valence-electron chi connectivity index (χ1n) is 1.68. The van der Waals surface area contributed by atoms with Crippen molar-refractivity contribution in [3.05, 3.63) is 0 Å². The maximum Gasteiger partial charge on any atom is 0.0546 e. The molecule has 0 aliphatic carbocycles. The molecule has 40 valence electrons. The average Bonchev–Trinajstić information content (AvgIpc) is 1.30. The van der Waals surface area contributed by atoms with E-state index in [1.54, 1.807) is 0 Å². The van der Waals surface area contributed by atoms with Gasteiger partial charge in [-0.05, 0) is 0 Å². The van der Waals surface area contributed by atoms with Crippen LogP contribution in [-0.2, 0) is 9.73 Å². The Kier molecular flexibility index (Phi) is 1.85. The predicted octanol–water partition coefficient (Wildman–Crippen LogP) is 0.305. The van der Waals surface area contributed by atoms with Crippen LogP contribution in [0.1, 0.15) is 0 Å². The fourth-order valence-corrected chi connectivity index (χ4v) is 0.381. The molecule has 0 atom stereocenters. The van der Waals surface area contributed by atoms with Crippen molar-refractivity contribution in [1.82, 2.24) is 0 Å². The molecule has 0 radical (unpaired) electrons. The highest BCUT2D eigenvalue weighted by atomic mass is 32.2. The van der Waals surface area contributed by atoms with E-state index in [2.05, 4.69) is 4.36 Å². The van der Waals surface area contributed by atoms with Gasteiger partial charge < -0.3 is 0 Å². The Hall–Kier alpha value is -0.490. The molecule has 0 unspecified atom stereocenters. The third-order valence-corrected chi connectivity index (χ3v) is 0.818. The quantitative estimate of drug-likeness (QED) is 0.420. The van der Waals surface area contributed by atoms with Crippen LogP contribution in [0, 0.1) is 12.5 Å². The molecule has 0 saturated carbocycles. The zero-order chi connectivity index (χ0) is 5.91. The fraction of sp³-hybridized carbons (Fsp3) is 0.500. The number of terminal acetylenes is 1. The molecule has 0 aliphatic rings. The van der Waals surface area contributed by atoms with Crippen molar-refractivity contribution in [3.8, 4) is 12.5 Å². The van der Waals surface area contributed by atoms with Gasteiger partial charge in [0.05, 0.1) is 9.73 Å². The zero-order valence-electron chi connectivity index (χ0n) is 4.34. The van der Waals surface area contributed by atoms with E-state index in [1.807, 2.05) is 6.04 Å². The largest absolute Gasteiger partial charge is 0.249 e. The molecule has 0 spiro atoms. The minimum absolute atomic E-state index is 1.49. The van der Waals surface area contributed by atoms with Crippen LogP contribution in [-0.4, -0.2) is 16.7 Å². The predicted molar refractivity (Wildman–Crippen MR) is 31.3 cm³/mol. The summed E-state index contributed by atoms with van der Waals surface area (Å²) in [4.78, 5) is 0. The van der Waals surface area contributed by atoms with Crippen LogP contribution < -0.4 is 0 Å². The lowest BCUT2D eigenvalue weighted by molar-refractivity contribution is 0.685. The van der Waals surface area contributed by atoms with Gasteiger partial charge in [0.1, 0.15) is 0 Å². The van der Waals surface area contributed by atoms with Crippen LogP contribution in [0.3, 0.4) is 0 Å². The van der Waals surface area contributed by atoms with Gasteiger partial charge in [0.15, 0.2) is 0 Å². The average molecular weight is 117 g/mol. The third kappa shape index (κ3) is 5.51. The van der Waals surface area contributed by atoms with Crippen LogP contribution in [0.5, 0.6) is 0 Å². The van der Waals surface area contributed by atoms with Gasteiger partial charge in [-0.2, -0.15) is 0 Å². The Morgan fingerprint density at radius 2 is 2.14 bits per heavy atom. The van der Waals surface area contributed by atoms with Gasteiger partial charge in [0.25, 0.3) is 0 Å². The molecular formula is C4H7NOS. The van der Waals surface area contributed by atoms with Gasteiger partial charge in [-0.3, -0.25) is 0 Å². The number of nitrogens with zero attached hydrogens (tertiary/aromatic N) is 1. The van der Waals surface area contributed by atoms with Crippen molar-refractivity contribution >= 4 is 9.73 Å². The van der Waals surface area contributed by atoms with Crippen molar-refractivity contribution in [2.45, 2.75) is 0 Å². The Morgan fingerprint density at radius 1 is 1.71 bits per heavy atom. The monoisotopic (exact) mass is 117 g/mol. The van der Waals surface area contributed by atoms with Crippen molar-refractivity contribution in [2.24, 2.45) is 4.36 Å². The second-order valence-electron chi connectivity index (χ2n) is 1.40. The molecule has 0 bridgehead atoms. The molecule has 0 aromatic heterocycles. The highest BCUT2D eigenvalue weighted by Gasteiger charge is 1.80. The summed E-state index contributed by atoms with van der Waals surface area (Å²) in [5.41, 5.74) is 0. The highest BCUT2D eigenvalue weighted by molar-refractivity contribution is 7.92. The Morgan fingerprint density at radius 3 is 2.14 bits per heavy atom. The van der Waals surface area contributed by atoms with Crippen LogP contribution in [0.25, 0.3) is 0 Å². The molecule has 2 nitrogen and oxygen atoms in total. The first-order chi connectivity index (χ1) is 3.06. The van der Waals surface area contributed by atoms with Gasteiger partial charge in [-0.25, -0.2) is 4.21 Å². The second kappa shape index (κ2) is 1.99.